The van der Waals surface area contributed by atoms with Crippen molar-refractivity contribution in [2.75, 3.05) is 20.3 Å². The molecule has 3 aromatic carbocycles. The van der Waals surface area contributed by atoms with E-state index in [0.717, 1.165) is 11.3 Å². The van der Waals surface area contributed by atoms with Crippen LogP contribution >= 0.6 is 0 Å². The maximum absolute atomic E-state index is 14.5. The molecule has 5 rings (SSSR count). The minimum atomic E-state index is -3.09. The van der Waals surface area contributed by atoms with E-state index in [1.165, 1.54) is 10.4 Å². The second-order valence-corrected chi connectivity index (χ2v) is 99.2. The Labute approximate surface area is 778 Å². The van der Waals surface area contributed by atoms with Crippen LogP contribution in [0.4, 0.5) is 0 Å². The summed E-state index contributed by atoms with van der Waals surface area (Å²) in [6.45, 7) is 118. The summed E-state index contributed by atoms with van der Waals surface area (Å²) in [5.41, 5.74) is 1.62. The van der Waals surface area contributed by atoms with Crippen molar-refractivity contribution in [3.8, 4) is 5.75 Å². The van der Waals surface area contributed by atoms with E-state index in [0.29, 0.717) is 44.5 Å². The molecule has 1 N–H and O–H groups in total. The molecule has 125 heavy (non-hydrogen) atoms. The highest BCUT2D eigenvalue weighted by Crippen LogP contribution is 2.53. The van der Waals surface area contributed by atoms with Crippen LogP contribution in [0.25, 0.3) is 0 Å². The lowest BCUT2D eigenvalue weighted by Gasteiger charge is -2.56. The Hall–Kier alpha value is -1.19. The van der Waals surface area contributed by atoms with Crippen molar-refractivity contribution in [3.05, 3.63) is 103 Å². The molecular weight excluding hydrogens is 1720 g/mol. The van der Waals surface area contributed by atoms with Crippen molar-refractivity contribution in [1.29, 1.82) is 0 Å². The van der Waals surface area contributed by atoms with Crippen LogP contribution in [0, 0.1) is 0 Å². The van der Waals surface area contributed by atoms with Crippen molar-refractivity contribution >= 4 is 93.5 Å². The van der Waals surface area contributed by atoms with Gasteiger partial charge in [0.2, 0.25) is 0 Å². The van der Waals surface area contributed by atoms with Gasteiger partial charge in [-0.25, -0.2) is 0 Å². The van der Waals surface area contributed by atoms with E-state index in [1.54, 1.807) is 7.11 Å². The molecule has 0 unspecified atom stereocenters. The molecule has 0 radical (unpaired) electrons. The Morgan fingerprint density at radius 1 is 0.400 bits per heavy atom. The predicted octanol–water partition coefficient (Wildman–Crippen LogP) is 27.3. The smallest absolute Gasteiger partial charge is 0.261 e. The van der Waals surface area contributed by atoms with E-state index in [4.69, 9.17) is 69.8 Å². The lowest BCUT2D eigenvalue weighted by molar-refractivity contribution is -0.232. The zero-order chi connectivity index (χ0) is 96.7. The van der Waals surface area contributed by atoms with Gasteiger partial charge in [-0.3, -0.25) is 0 Å². The molecule has 0 aromatic heterocycles. The molecule has 2 heterocycles. The largest absolute Gasteiger partial charge is 0.497 e. The number of rotatable bonds is 38. The molecule has 25 heteroatoms. The van der Waals surface area contributed by atoms with Gasteiger partial charge in [0, 0.05) is 13.0 Å². The number of methoxy groups -OCH3 is 1. The highest BCUT2D eigenvalue weighted by molar-refractivity contribution is 6.99. The molecule has 722 valence electrons. The predicted molar refractivity (Wildman–Crippen MR) is 556 cm³/mol. The second kappa shape index (κ2) is 41.0. The van der Waals surface area contributed by atoms with Crippen LogP contribution in [0.15, 0.2) is 97.1 Å². The van der Waals surface area contributed by atoms with Gasteiger partial charge in [-0.15, -0.1) is 0 Å². The summed E-state index contributed by atoms with van der Waals surface area (Å²) in [6.07, 6.45) is -8.61. The van der Waals surface area contributed by atoms with Crippen LogP contribution in [0.2, 0.25) is 168 Å². The molecule has 2 aliphatic rings. The first-order valence-electron chi connectivity index (χ1n) is 47.5. The molecule has 0 spiro atoms. The van der Waals surface area contributed by atoms with E-state index in [2.05, 4.69) is 398 Å². The maximum Gasteiger partial charge on any atom is 0.261 e. The number of hydrogen-bond acceptors (Lipinski definition) is 15. The zero-order valence-electron chi connectivity index (χ0n) is 89.5. The Kier molecular flexibility index (Phi) is 37.5. The van der Waals surface area contributed by atoms with Gasteiger partial charge in [-0.2, -0.15) is 0 Å². The molecule has 14 atom stereocenters. The van der Waals surface area contributed by atoms with E-state index < -0.39 is 169 Å². The Morgan fingerprint density at radius 3 is 1.15 bits per heavy atom. The second-order valence-electron chi connectivity index (χ2n) is 52.1. The molecule has 2 fully saturated rings. The Balaban J connectivity index is 1.96. The minimum Gasteiger partial charge on any atom is -0.497 e. The van der Waals surface area contributed by atoms with Gasteiger partial charge >= 0.3 is 0 Å². The molecule has 2 aliphatic heterocycles. The fraction of sp³-hybridized carbons (Fsp3) is 0.800. The molecule has 0 bridgehead atoms. The topological polar surface area (TPSA) is 149 Å². The summed E-state index contributed by atoms with van der Waals surface area (Å²) in [4.78, 5) is 0. The number of aliphatic hydroxyl groups excluding tert-OH is 1. The van der Waals surface area contributed by atoms with Crippen LogP contribution < -0.4 is 15.1 Å². The summed E-state index contributed by atoms with van der Waals surface area (Å²) in [5.74, 6) is 0.780. The summed E-state index contributed by atoms with van der Waals surface area (Å²) >= 11 is 0. The number of hydrogen-bond donors (Lipinski definition) is 1. The van der Waals surface area contributed by atoms with Crippen LogP contribution in [0.3, 0.4) is 0 Å². The quantitative estimate of drug-likeness (QED) is 0.0428. The van der Waals surface area contributed by atoms with Gasteiger partial charge in [0.25, 0.3) is 8.32 Å². The van der Waals surface area contributed by atoms with Gasteiger partial charge < -0.3 is 68.3 Å². The molecule has 15 nitrogen and oxygen atoms in total. The van der Waals surface area contributed by atoms with Gasteiger partial charge in [0.1, 0.15) is 48.5 Å². The molecule has 0 aliphatic carbocycles. The van der Waals surface area contributed by atoms with Crippen molar-refractivity contribution in [2.45, 2.75) is 494 Å². The van der Waals surface area contributed by atoms with E-state index in [1.807, 2.05) is 12.1 Å². The third-order valence-corrected chi connectivity index (χ3v) is 77.5. The molecular formula is C100H192O15Si10. The summed E-state index contributed by atoms with van der Waals surface area (Å²) in [7, 11) is -26.4. The van der Waals surface area contributed by atoms with Crippen LogP contribution in [-0.4, -0.2) is 194 Å². The van der Waals surface area contributed by atoms with Crippen molar-refractivity contribution in [2.24, 2.45) is 0 Å². The first-order chi connectivity index (χ1) is 55.8. The fourth-order valence-corrected chi connectivity index (χ4v) is 30.8. The average Bonchev–Trinajstić information content (AvgIpc) is 0.373. The minimum absolute atomic E-state index is 0.184. The highest BCUT2D eigenvalue weighted by Gasteiger charge is 2.63. The lowest BCUT2D eigenvalue weighted by atomic mass is 9.86. The average molecular weight is 1920 g/mol. The van der Waals surface area contributed by atoms with E-state index in [-0.39, 0.29) is 57.0 Å². The van der Waals surface area contributed by atoms with E-state index >= 15 is 0 Å². The third kappa shape index (κ3) is 28.3. The molecule has 0 amide bonds. The van der Waals surface area contributed by atoms with Gasteiger partial charge in [0.05, 0.1) is 63.1 Å². The van der Waals surface area contributed by atoms with E-state index in [9.17, 15) is 5.11 Å². The molecule has 2 saturated heterocycles. The summed E-state index contributed by atoms with van der Waals surface area (Å²) in [6, 6.07) is 30.0. The number of ether oxygens (including phenoxy) is 4. The Bertz CT molecular complexity index is 3800. The van der Waals surface area contributed by atoms with Gasteiger partial charge in [0.15, 0.2) is 74.9 Å². The zero-order valence-corrected chi connectivity index (χ0v) is 99.5. The number of aliphatic hydroxyl groups is 1. The molecule has 0 saturated carbocycles. The Morgan fingerprint density at radius 2 is 0.760 bits per heavy atom. The lowest BCUT2D eigenvalue weighted by Crippen LogP contribution is -2.70. The first-order valence-corrected chi connectivity index (χ1v) is 75.6. The monoisotopic (exact) mass is 1910 g/mol. The van der Waals surface area contributed by atoms with Crippen LogP contribution in [-0.2, 0) is 65.1 Å². The summed E-state index contributed by atoms with van der Waals surface area (Å²) in [5, 5.41) is 14.6. The first kappa shape index (κ1) is 114. The third-order valence-electron chi connectivity index (χ3n) is 32.1. The van der Waals surface area contributed by atoms with Crippen molar-refractivity contribution in [1.82, 2.24) is 0 Å². The van der Waals surface area contributed by atoms with Gasteiger partial charge in [-0.05, 0) is 221 Å². The standard InChI is InChI=1S/C100H192O15Si10/c1-72(61-66-78(107-116(33,34)91(2,3)4)84-89(114-123(47,48)98(23,24)25)90(115-124(49,50)99(26,27)28)85(111-120(41,42)95(14,15)16)77(105-84)67-68-104-125(100(29,30)31,75-57-53-51-54-58-75)76-59-55-52-56-60-76)82(101)83(110-119(39,40)94(11,12)13)79-69-80(108-117(35,36)92(5,6)7)86(112-121(43,44)96(17,18)19)88(106-79)87(113-122(45,46)97(20,21)22)81(109-118(37,38)93(8,9)10)71-103-70-73-62-64-74(102-32)65-63-73/h51-60,62-65,77-90,101H,1,61,66-71H2,2-50H3/t77-,78+,79+,80+,81-,82+,83-,84-,85-,86+,87-,88+,89-,90-/m1/s1. The normalized spacial score (nSPS) is 22.7. The van der Waals surface area contributed by atoms with Crippen LogP contribution in [0.5, 0.6) is 5.75 Å². The van der Waals surface area contributed by atoms with Gasteiger partial charge in [-0.1, -0.05) is 287 Å². The number of benzene rings is 3. The maximum atomic E-state index is 14.5. The highest BCUT2D eigenvalue weighted by atomic mass is 28.4. The van der Waals surface area contributed by atoms with Crippen molar-refractivity contribution < 1.29 is 68.3 Å². The SMILES string of the molecule is C=C(CC[C@H](O[Si](C)(C)C(C)(C)C)[C@H]1O[C@H](CCO[Si](c2ccccc2)(c2ccccc2)C(C)(C)C)[C@@H](O[Si](C)(C)C(C)(C)C)[C@@H](O[Si](C)(C)C(C)(C)C)[C@@H]1O[Si](C)(C)C(C)(C)C)[C@H](O)[C@H](O[Si](C)(C)C(C)(C)C)[C@@H]1C[C@H](O[Si](C)(C)C(C)(C)C)[C@H](O[Si](C)(C)C(C)(C)C)[C@@H]([C@H](O[Si](C)(C)C(C)(C)C)[C@@H](COCc2ccc(OC)cc2)O[Si](C)(C)C(C)(C)C)O1. The van der Waals surface area contributed by atoms with Crippen molar-refractivity contribution in [3.63, 3.8) is 0 Å². The van der Waals surface area contributed by atoms with Crippen LogP contribution in [0.1, 0.15) is 239 Å². The molecule has 3 aromatic rings. The fourth-order valence-electron chi connectivity index (χ4n) is 14.3. The summed E-state index contributed by atoms with van der Waals surface area (Å²) < 4.78 is 111.